The molecule has 1 aromatic heterocycles. The Balaban J connectivity index is 1.99. The Morgan fingerprint density at radius 3 is 2.76 bits per heavy atom. The van der Waals surface area contributed by atoms with E-state index in [0.29, 0.717) is 16.9 Å². The summed E-state index contributed by atoms with van der Waals surface area (Å²) in [5, 5.41) is 20.8. The molecular formula is C16H17N3O2. The molecular weight excluding hydrogens is 266 g/mol. The van der Waals surface area contributed by atoms with E-state index in [4.69, 9.17) is 0 Å². The highest BCUT2D eigenvalue weighted by Gasteiger charge is 2.18. The first-order valence-corrected chi connectivity index (χ1v) is 7.36. The van der Waals surface area contributed by atoms with Crippen LogP contribution in [0.5, 0.6) is 0 Å². The van der Waals surface area contributed by atoms with E-state index >= 15 is 0 Å². The summed E-state index contributed by atoms with van der Waals surface area (Å²) in [6.07, 6.45) is 8.17. The van der Waals surface area contributed by atoms with Crippen LogP contribution < -0.4 is 0 Å². The van der Waals surface area contributed by atoms with Gasteiger partial charge in [0.2, 0.25) is 0 Å². The van der Waals surface area contributed by atoms with Crippen molar-refractivity contribution in [2.24, 2.45) is 5.92 Å². The van der Waals surface area contributed by atoms with E-state index in [2.05, 4.69) is 10.6 Å². The smallest absolute Gasteiger partial charge is 0.270 e. The number of aromatic nitrogens is 1. The molecule has 108 valence electrons. The lowest BCUT2D eigenvalue weighted by molar-refractivity contribution is -0.384. The van der Waals surface area contributed by atoms with Crippen LogP contribution in [-0.4, -0.2) is 9.49 Å². The van der Waals surface area contributed by atoms with Gasteiger partial charge in [0.05, 0.1) is 10.5 Å². The van der Waals surface area contributed by atoms with Crippen LogP contribution >= 0.6 is 0 Å². The number of rotatable bonds is 3. The third-order valence-electron chi connectivity index (χ3n) is 4.38. The SMILES string of the molecule is N#Cc1cn(CC2CCCCC2)c2ccc([N+](=O)[O-])cc12. The van der Waals surface area contributed by atoms with Crippen molar-refractivity contribution < 1.29 is 4.92 Å². The van der Waals surface area contributed by atoms with Crippen LogP contribution in [0.1, 0.15) is 37.7 Å². The molecule has 5 heteroatoms. The van der Waals surface area contributed by atoms with Crippen molar-refractivity contribution in [3.8, 4) is 6.07 Å². The lowest BCUT2D eigenvalue weighted by atomic mass is 9.89. The maximum atomic E-state index is 10.9. The first-order valence-electron chi connectivity index (χ1n) is 7.36. The van der Waals surface area contributed by atoms with Crippen LogP contribution in [0, 0.1) is 27.4 Å². The van der Waals surface area contributed by atoms with Gasteiger partial charge in [-0.2, -0.15) is 5.26 Å². The molecule has 1 fully saturated rings. The first kappa shape index (κ1) is 13.6. The standard InChI is InChI=1S/C16H17N3O2/c17-9-13-11-18(10-12-4-2-1-3-5-12)16-7-6-14(19(20)21)8-15(13)16/h6-8,11-12H,1-5,10H2. The number of hydrogen-bond acceptors (Lipinski definition) is 3. The molecule has 1 aliphatic carbocycles. The molecule has 0 radical (unpaired) electrons. The zero-order valence-corrected chi connectivity index (χ0v) is 11.8. The molecule has 0 unspecified atom stereocenters. The quantitative estimate of drug-likeness (QED) is 0.631. The Kier molecular flexibility index (Phi) is 3.61. The average molecular weight is 283 g/mol. The van der Waals surface area contributed by atoms with Gasteiger partial charge in [-0.05, 0) is 24.8 Å². The number of fused-ring (bicyclic) bond motifs is 1. The number of benzene rings is 1. The largest absolute Gasteiger partial charge is 0.346 e. The van der Waals surface area contributed by atoms with Gasteiger partial charge < -0.3 is 4.57 Å². The van der Waals surface area contributed by atoms with Gasteiger partial charge in [-0.25, -0.2) is 0 Å². The van der Waals surface area contributed by atoms with E-state index in [9.17, 15) is 15.4 Å². The Bertz CT molecular complexity index is 721. The molecule has 0 spiro atoms. The van der Waals surface area contributed by atoms with E-state index in [1.807, 2.05) is 6.20 Å². The van der Waals surface area contributed by atoms with Crippen molar-refractivity contribution in [2.45, 2.75) is 38.6 Å². The fourth-order valence-electron chi connectivity index (χ4n) is 3.29. The summed E-state index contributed by atoms with van der Waals surface area (Å²) < 4.78 is 2.09. The highest BCUT2D eigenvalue weighted by Crippen LogP contribution is 2.30. The molecule has 0 bridgehead atoms. The van der Waals surface area contributed by atoms with E-state index in [-0.39, 0.29) is 5.69 Å². The number of nitro benzene ring substituents is 1. The third-order valence-corrected chi connectivity index (χ3v) is 4.38. The molecule has 1 aliphatic rings. The lowest BCUT2D eigenvalue weighted by Crippen LogP contribution is -2.13. The minimum Gasteiger partial charge on any atom is -0.346 e. The van der Waals surface area contributed by atoms with Crippen LogP contribution in [0.4, 0.5) is 5.69 Å². The second-order valence-corrected chi connectivity index (χ2v) is 5.77. The van der Waals surface area contributed by atoms with Crippen molar-refractivity contribution in [3.63, 3.8) is 0 Å². The summed E-state index contributed by atoms with van der Waals surface area (Å²) in [6, 6.07) is 6.93. The van der Waals surface area contributed by atoms with Crippen molar-refractivity contribution in [1.82, 2.24) is 4.57 Å². The van der Waals surface area contributed by atoms with Gasteiger partial charge in [-0.3, -0.25) is 10.1 Å². The molecule has 2 aromatic rings. The first-order chi connectivity index (χ1) is 10.2. The normalized spacial score (nSPS) is 16.0. The van der Waals surface area contributed by atoms with Crippen molar-refractivity contribution in [3.05, 3.63) is 40.1 Å². The van der Waals surface area contributed by atoms with E-state index < -0.39 is 4.92 Å². The molecule has 1 heterocycles. The third kappa shape index (κ3) is 2.62. The summed E-state index contributed by atoms with van der Waals surface area (Å²) >= 11 is 0. The molecule has 1 aromatic carbocycles. The summed E-state index contributed by atoms with van der Waals surface area (Å²) in [5.74, 6) is 0.649. The van der Waals surface area contributed by atoms with Gasteiger partial charge in [0.25, 0.3) is 5.69 Å². The summed E-state index contributed by atoms with van der Waals surface area (Å²) in [5.41, 5.74) is 1.47. The number of nitrogens with zero attached hydrogens (tertiary/aromatic N) is 3. The van der Waals surface area contributed by atoms with Crippen LogP contribution in [0.3, 0.4) is 0 Å². The maximum absolute atomic E-state index is 10.9. The molecule has 0 atom stereocenters. The Morgan fingerprint density at radius 2 is 2.10 bits per heavy atom. The number of hydrogen-bond donors (Lipinski definition) is 0. The molecule has 3 rings (SSSR count). The van der Waals surface area contributed by atoms with E-state index in [0.717, 1.165) is 12.1 Å². The number of non-ortho nitro benzene ring substituents is 1. The zero-order valence-electron chi connectivity index (χ0n) is 11.8. The Labute approximate surface area is 122 Å². The minimum atomic E-state index is -0.418. The second-order valence-electron chi connectivity index (χ2n) is 5.77. The van der Waals surface area contributed by atoms with Gasteiger partial charge in [-0.15, -0.1) is 0 Å². The fourth-order valence-corrected chi connectivity index (χ4v) is 3.29. The Hall–Kier alpha value is -2.35. The van der Waals surface area contributed by atoms with Gasteiger partial charge >= 0.3 is 0 Å². The van der Waals surface area contributed by atoms with Gasteiger partial charge in [0.15, 0.2) is 0 Å². The van der Waals surface area contributed by atoms with Crippen molar-refractivity contribution in [1.29, 1.82) is 5.26 Å². The number of nitro groups is 1. The van der Waals surface area contributed by atoms with E-state index in [1.165, 1.54) is 44.2 Å². The molecule has 1 saturated carbocycles. The molecule has 0 saturated heterocycles. The fraction of sp³-hybridized carbons (Fsp3) is 0.438. The second kappa shape index (κ2) is 5.57. The lowest BCUT2D eigenvalue weighted by Gasteiger charge is -2.22. The van der Waals surface area contributed by atoms with Gasteiger partial charge in [0, 0.05) is 35.8 Å². The van der Waals surface area contributed by atoms with E-state index in [1.54, 1.807) is 6.07 Å². The summed E-state index contributed by atoms with van der Waals surface area (Å²) in [6.45, 7) is 0.899. The van der Waals surface area contributed by atoms with Gasteiger partial charge in [0.1, 0.15) is 6.07 Å². The molecule has 5 nitrogen and oxygen atoms in total. The minimum absolute atomic E-state index is 0.0365. The predicted octanol–water partition coefficient (Wildman–Crippen LogP) is 4.00. The predicted molar refractivity (Wildman–Crippen MR) is 79.9 cm³/mol. The van der Waals surface area contributed by atoms with Crippen LogP contribution in [0.2, 0.25) is 0 Å². The summed E-state index contributed by atoms with van der Waals surface area (Å²) in [4.78, 5) is 10.5. The van der Waals surface area contributed by atoms with Gasteiger partial charge in [-0.1, -0.05) is 19.3 Å². The topological polar surface area (TPSA) is 71.9 Å². The van der Waals surface area contributed by atoms with Crippen molar-refractivity contribution >= 4 is 16.6 Å². The highest BCUT2D eigenvalue weighted by molar-refractivity contribution is 5.88. The van der Waals surface area contributed by atoms with Crippen LogP contribution in [0.15, 0.2) is 24.4 Å². The van der Waals surface area contributed by atoms with Crippen molar-refractivity contribution in [2.75, 3.05) is 0 Å². The molecule has 0 aliphatic heterocycles. The molecule has 0 amide bonds. The van der Waals surface area contributed by atoms with Crippen LogP contribution in [-0.2, 0) is 6.54 Å². The average Bonchev–Trinajstić information content (AvgIpc) is 2.85. The molecule has 21 heavy (non-hydrogen) atoms. The monoisotopic (exact) mass is 283 g/mol. The molecule has 0 N–H and O–H groups in total. The highest BCUT2D eigenvalue weighted by atomic mass is 16.6. The van der Waals surface area contributed by atoms with Crippen LogP contribution in [0.25, 0.3) is 10.9 Å². The zero-order chi connectivity index (χ0) is 14.8. The number of nitriles is 1. The maximum Gasteiger partial charge on any atom is 0.270 e. The Morgan fingerprint density at radius 1 is 1.33 bits per heavy atom. The summed E-state index contributed by atoms with van der Waals surface area (Å²) in [7, 11) is 0.